The highest BCUT2D eigenvalue weighted by Crippen LogP contribution is 2.18. The molecule has 3 rings (SSSR count). The summed E-state index contributed by atoms with van der Waals surface area (Å²) in [7, 11) is 1.64. The molecule has 0 aliphatic carbocycles. The molecule has 0 aliphatic rings. The average Bonchev–Trinajstić information content (AvgIpc) is 2.98. The Balaban J connectivity index is 1.85. The normalized spacial score (nSPS) is 13.0. The molecule has 0 saturated heterocycles. The number of nitrogens with one attached hydrogen (secondary N) is 2. The lowest BCUT2D eigenvalue weighted by Crippen LogP contribution is -2.55. The number of fused-ring (bicyclic) bond motifs is 1. The number of amides is 3. The molecule has 0 spiro atoms. The number of carbonyl (C=O) groups is 3. The van der Waals surface area contributed by atoms with E-state index in [1.54, 1.807) is 13.1 Å². The van der Waals surface area contributed by atoms with E-state index in [4.69, 9.17) is 11.5 Å². The first-order chi connectivity index (χ1) is 20.6. The lowest BCUT2D eigenvalue weighted by molar-refractivity contribution is -0.141. The zero-order chi connectivity index (χ0) is 31.2. The number of likely N-dealkylation sites (N-methyl/N-ethyl adjacent to an activating group) is 1. The first kappa shape index (κ1) is 33.5. The summed E-state index contributed by atoms with van der Waals surface area (Å²) in [6.07, 6.45) is 6.89. The van der Waals surface area contributed by atoms with E-state index >= 15 is 0 Å². The Hall–Kier alpha value is -4.01. The summed E-state index contributed by atoms with van der Waals surface area (Å²) in [5.41, 5.74) is 13.0. The van der Waals surface area contributed by atoms with Gasteiger partial charge in [0.1, 0.15) is 12.1 Å². The fourth-order valence-corrected chi connectivity index (χ4v) is 4.91. The summed E-state index contributed by atoms with van der Waals surface area (Å²) in [4.78, 5) is 42.0. The van der Waals surface area contributed by atoms with Crippen LogP contribution in [-0.4, -0.2) is 60.4 Å². The van der Waals surface area contributed by atoms with Crippen LogP contribution in [0.3, 0.4) is 0 Å². The van der Waals surface area contributed by atoms with E-state index in [-0.39, 0.29) is 24.1 Å². The quantitative estimate of drug-likeness (QED) is 0.150. The number of hydrogen-bond donors (Lipinski definition) is 4. The molecule has 0 aromatic heterocycles. The zero-order valence-corrected chi connectivity index (χ0v) is 25.7. The van der Waals surface area contributed by atoms with Crippen LogP contribution in [0.15, 0.2) is 84.9 Å². The zero-order valence-electron chi connectivity index (χ0n) is 25.7. The number of carbonyl (C=O) groups excluding carboxylic acids is 3. The van der Waals surface area contributed by atoms with Crippen LogP contribution in [0.4, 0.5) is 0 Å². The maximum atomic E-state index is 14.1. The monoisotopic (exact) mass is 585 g/mol. The van der Waals surface area contributed by atoms with E-state index in [9.17, 15) is 14.4 Å². The Morgan fingerprint density at radius 2 is 1.58 bits per heavy atom. The molecule has 0 saturated carbocycles. The van der Waals surface area contributed by atoms with Crippen molar-refractivity contribution >= 4 is 28.5 Å². The molecule has 0 bridgehead atoms. The van der Waals surface area contributed by atoms with E-state index in [1.165, 1.54) is 11.0 Å². The standard InChI is InChI=1S/C35H47N5O3/c1-35(2,37)20-12-17-32(41)39-30(24-27-18-19-28-15-8-9-16-29(28)23-27)34(43)40(3)31(25-26-13-6-4-7-14-26)33(42)38-22-11-5-10-21-36/h4,6-9,12-19,23,30-31H,5,10-11,20-22,24-25,36-37H2,1-3H3,(H,38,42)(H,39,41)/b17-12+/t30-,31-/m1/s1. The third kappa shape index (κ3) is 11.3. The van der Waals surface area contributed by atoms with Crippen molar-refractivity contribution in [3.63, 3.8) is 0 Å². The molecule has 8 nitrogen and oxygen atoms in total. The Kier molecular flexibility index (Phi) is 12.9. The summed E-state index contributed by atoms with van der Waals surface area (Å²) < 4.78 is 0. The first-order valence-corrected chi connectivity index (χ1v) is 15.1. The van der Waals surface area contributed by atoms with Crippen LogP contribution in [0.2, 0.25) is 0 Å². The second-order valence-corrected chi connectivity index (χ2v) is 11.8. The predicted molar refractivity (Wildman–Crippen MR) is 174 cm³/mol. The second kappa shape index (κ2) is 16.6. The number of unbranched alkanes of at least 4 members (excludes halogenated alkanes) is 2. The Morgan fingerprint density at radius 1 is 0.884 bits per heavy atom. The molecule has 230 valence electrons. The van der Waals surface area contributed by atoms with Crippen LogP contribution in [0, 0.1) is 0 Å². The molecule has 8 heteroatoms. The average molecular weight is 586 g/mol. The van der Waals surface area contributed by atoms with Crippen LogP contribution in [0.1, 0.15) is 50.7 Å². The topological polar surface area (TPSA) is 131 Å². The summed E-state index contributed by atoms with van der Waals surface area (Å²) in [5, 5.41) is 8.05. The van der Waals surface area contributed by atoms with Crippen molar-refractivity contribution in [1.29, 1.82) is 0 Å². The van der Waals surface area contributed by atoms with Crippen LogP contribution in [0.5, 0.6) is 0 Å². The van der Waals surface area contributed by atoms with Crippen molar-refractivity contribution in [2.45, 2.75) is 70.0 Å². The van der Waals surface area contributed by atoms with E-state index < -0.39 is 17.6 Å². The molecule has 0 radical (unpaired) electrons. The molecule has 0 unspecified atom stereocenters. The highest BCUT2D eigenvalue weighted by Gasteiger charge is 2.32. The molecular formula is C35H47N5O3. The van der Waals surface area contributed by atoms with Gasteiger partial charge in [-0.3, -0.25) is 14.4 Å². The van der Waals surface area contributed by atoms with Gasteiger partial charge >= 0.3 is 0 Å². The number of rotatable bonds is 16. The Bertz CT molecular complexity index is 1370. The van der Waals surface area contributed by atoms with Gasteiger partial charge in [0.2, 0.25) is 17.7 Å². The van der Waals surface area contributed by atoms with Crippen molar-refractivity contribution in [2.75, 3.05) is 20.1 Å². The number of benzene rings is 3. The summed E-state index contributed by atoms with van der Waals surface area (Å²) in [6, 6.07) is 22.0. The maximum Gasteiger partial charge on any atom is 0.245 e. The largest absolute Gasteiger partial charge is 0.354 e. The maximum absolute atomic E-state index is 14.1. The highest BCUT2D eigenvalue weighted by atomic mass is 16.2. The lowest BCUT2D eigenvalue weighted by atomic mass is 9.99. The smallest absolute Gasteiger partial charge is 0.245 e. The SMILES string of the molecule is CN(C(=O)[C@@H](Cc1ccc2ccccc2c1)NC(=O)/C=C/CC(C)(C)N)[C@H](Cc1ccccc1)C(=O)NCCCCCN. The molecule has 0 aliphatic heterocycles. The van der Waals surface area contributed by atoms with E-state index in [0.717, 1.165) is 41.2 Å². The van der Waals surface area contributed by atoms with Gasteiger partial charge in [-0.25, -0.2) is 0 Å². The van der Waals surface area contributed by atoms with Gasteiger partial charge in [0.05, 0.1) is 0 Å². The number of nitrogens with zero attached hydrogens (tertiary/aromatic N) is 1. The van der Waals surface area contributed by atoms with E-state index in [1.807, 2.05) is 86.6 Å². The number of nitrogens with two attached hydrogens (primary N) is 2. The van der Waals surface area contributed by atoms with Gasteiger partial charge in [0.15, 0.2) is 0 Å². The van der Waals surface area contributed by atoms with Gasteiger partial charge in [-0.15, -0.1) is 0 Å². The summed E-state index contributed by atoms with van der Waals surface area (Å²) >= 11 is 0. The van der Waals surface area contributed by atoms with Crippen molar-refractivity contribution in [1.82, 2.24) is 15.5 Å². The minimum atomic E-state index is -0.884. The molecule has 3 aromatic rings. The van der Waals surface area contributed by atoms with Crippen molar-refractivity contribution in [3.8, 4) is 0 Å². The molecule has 3 amide bonds. The lowest BCUT2D eigenvalue weighted by Gasteiger charge is -2.31. The van der Waals surface area contributed by atoms with E-state index in [2.05, 4.69) is 10.6 Å². The van der Waals surface area contributed by atoms with E-state index in [0.29, 0.717) is 25.9 Å². The molecule has 0 fully saturated rings. The third-order valence-electron chi connectivity index (χ3n) is 7.35. The number of hydrogen-bond acceptors (Lipinski definition) is 5. The van der Waals surface area contributed by atoms with Gasteiger partial charge in [-0.2, -0.15) is 0 Å². The summed E-state index contributed by atoms with van der Waals surface area (Å²) in [6.45, 7) is 4.88. The van der Waals surface area contributed by atoms with Crippen LogP contribution >= 0.6 is 0 Å². The minimum Gasteiger partial charge on any atom is -0.354 e. The first-order valence-electron chi connectivity index (χ1n) is 15.1. The molecular weight excluding hydrogens is 538 g/mol. The third-order valence-corrected chi connectivity index (χ3v) is 7.35. The van der Waals surface area contributed by atoms with Crippen LogP contribution in [-0.2, 0) is 27.2 Å². The molecule has 3 aromatic carbocycles. The van der Waals surface area contributed by atoms with Gasteiger partial charge in [-0.05, 0) is 67.6 Å². The van der Waals surface area contributed by atoms with Gasteiger partial charge in [0.25, 0.3) is 0 Å². The van der Waals surface area contributed by atoms with Crippen molar-refractivity contribution in [3.05, 3.63) is 96.1 Å². The second-order valence-electron chi connectivity index (χ2n) is 11.8. The highest BCUT2D eigenvalue weighted by molar-refractivity contribution is 5.95. The summed E-state index contributed by atoms with van der Waals surface area (Å²) in [5.74, 6) is -0.956. The fraction of sp³-hybridized carbons (Fsp3) is 0.400. The molecule has 6 N–H and O–H groups in total. The fourth-order valence-electron chi connectivity index (χ4n) is 4.91. The van der Waals surface area contributed by atoms with Gasteiger partial charge in [-0.1, -0.05) is 85.3 Å². The van der Waals surface area contributed by atoms with Gasteiger partial charge < -0.3 is 27.0 Å². The Labute approximate surface area is 255 Å². The van der Waals surface area contributed by atoms with Gasteiger partial charge in [0, 0.05) is 32.0 Å². The molecule has 2 atom stereocenters. The van der Waals surface area contributed by atoms with Crippen molar-refractivity contribution < 1.29 is 14.4 Å². The minimum absolute atomic E-state index is 0.228. The molecule has 43 heavy (non-hydrogen) atoms. The predicted octanol–water partition coefficient (Wildman–Crippen LogP) is 3.87. The Morgan fingerprint density at radius 3 is 2.28 bits per heavy atom. The van der Waals surface area contributed by atoms with Crippen LogP contribution < -0.4 is 22.1 Å². The van der Waals surface area contributed by atoms with Crippen LogP contribution in [0.25, 0.3) is 10.8 Å². The molecule has 0 heterocycles. The van der Waals surface area contributed by atoms with Crippen molar-refractivity contribution in [2.24, 2.45) is 11.5 Å².